The topological polar surface area (TPSA) is 105 Å². The van der Waals surface area contributed by atoms with Crippen LogP contribution in [-0.2, 0) is 11.3 Å². The highest BCUT2D eigenvalue weighted by Crippen LogP contribution is 2.25. The van der Waals surface area contributed by atoms with Crippen LogP contribution < -0.4 is 16.4 Å². The van der Waals surface area contributed by atoms with Gasteiger partial charge in [0.2, 0.25) is 0 Å². The largest absolute Gasteiger partial charge is 0.383 e. The normalized spacial score (nSPS) is 17.8. The fourth-order valence-electron chi connectivity index (χ4n) is 5.21. The SMILES string of the molecule is Nc1nccc2cc(CNC(=O)c3cc(Cl)cnc3NCC3CCN(C4CCOCC4)CC3)ccc12. The molecule has 0 saturated carbocycles. The second kappa shape index (κ2) is 11.4. The first kappa shape index (κ1) is 24.7. The van der Waals surface area contributed by atoms with Gasteiger partial charge in [0.05, 0.1) is 10.6 Å². The summed E-state index contributed by atoms with van der Waals surface area (Å²) in [5.41, 5.74) is 7.37. The minimum Gasteiger partial charge on any atom is -0.383 e. The maximum absolute atomic E-state index is 13.1. The van der Waals surface area contributed by atoms with Gasteiger partial charge in [-0.15, -0.1) is 0 Å². The van der Waals surface area contributed by atoms with Crippen LogP contribution in [0.5, 0.6) is 0 Å². The first-order valence-corrected chi connectivity index (χ1v) is 13.1. The molecule has 0 radical (unpaired) electrons. The Bertz CT molecular complexity index is 1210. The summed E-state index contributed by atoms with van der Waals surface area (Å²) in [6, 6.07) is 10.1. The maximum atomic E-state index is 13.1. The number of ether oxygens (including phenoxy) is 1. The first-order chi connectivity index (χ1) is 17.6. The van der Waals surface area contributed by atoms with E-state index in [4.69, 9.17) is 22.1 Å². The Labute approximate surface area is 216 Å². The fraction of sp³-hybridized carbons (Fsp3) is 0.444. The Balaban J connectivity index is 1.17. The number of nitrogens with zero attached hydrogens (tertiary/aromatic N) is 3. The molecule has 2 aliphatic heterocycles. The zero-order valence-corrected chi connectivity index (χ0v) is 21.1. The molecular weight excluding hydrogens is 476 g/mol. The van der Waals surface area contributed by atoms with E-state index in [0.29, 0.717) is 40.7 Å². The summed E-state index contributed by atoms with van der Waals surface area (Å²) in [6.45, 7) is 5.17. The predicted molar refractivity (Wildman–Crippen MR) is 143 cm³/mol. The zero-order valence-electron chi connectivity index (χ0n) is 20.4. The van der Waals surface area contributed by atoms with Gasteiger partial charge in [0, 0.05) is 50.1 Å². The van der Waals surface area contributed by atoms with E-state index in [9.17, 15) is 4.79 Å². The molecule has 2 fully saturated rings. The van der Waals surface area contributed by atoms with E-state index in [1.54, 1.807) is 18.5 Å². The van der Waals surface area contributed by atoms with Crippen LogP contribution in [0.3, 0.4) is 0 Å². The van der Waals surface area contributed by atoms with E-state index >= 15 is 0 Å². The summed E-state index contributed by atoms with van der Waals surface area (Å²) in [6.07, 6.45) is 7.82. The quantitative estimate of drug-likeness (QED) is 0.441. The van der Waals surface area contributed by atoms with Crippen molar-refractivity contribution in [3.63, 3.8) is 0 Å². The lowest BCUT2D eigenvalue weighted by atomic mass is 9.94. The second-order valence-corrected chi connectivity index (χ2v) is 10.1. The van der Waals surface area contributed by atoms with E-state index in [-0.39, 0.29) is 5.91 Å². The van der Waals surface area contributed by atoms with Crippen LogP contribution in [0, 0.1) is 5.92 Å². The molecule has 4 N–H and O–H groups in total. The van der Waals surface area contributed by atoms with Gasteiger partial charge in [0.15, 0.2) is 0 Å². The number of rotatable bonds is 7. The van der Waals surface area contributed by atoms with Gasteiger partial charge >= 0.3 is 0 Å². The van der Waals surface area contributed by atoms with Crippen LogP contribution in [0.1, 0.15) is 41.6 Å². The standard InChI is InChI=1S/C27H33ClN6O2/c28-21-14-24(27(35)33-16-19-1-2-23-20(13-19)3-8-30-25(23)29)26(32-17-21)31-15-18-4-9-34(10-5-18)22-6-11-36-12-7-22/h1-3,8,13-14,17-18,22H,4-7,9-12,15-16H2,(H2,29,30)(H,31,32)(H,33,35). The molecule has 4 heterocycles. The van der Waals surface area contributed by atoms with E-state index in [0.717, 1.165) is 74.9 Å². The first-order valence-electron chi connectivity index (χ1n) is 12.7. The molecule has 5 rings (SSSR count). The van der Waals surface area contributed by atoms with E-state index < -0.39 is 0 Å². The molecule has 0 aliphatic carbocycles. The molecule has 0 bridgehead atoms. The molecular formula is C27H33ClN6O2. The molecule has 9 heteroatoms. The molecule has 1 amide bonds. The molecule has 2 aliphatic rings. The van der Waals surface area contributed by atoms with E-state index in [1.165, 1.54) is 0 Å². The van der Waals surface area contributed by atoms with Crippen molar-refractivity contribution in [2.45, 2.75) is 38.3 Å². The summed E-state index contributed by atoms with van der Waals surface area (Å²) in [5.74, 6) is 1.41. The summed E-state index contributed by atoms with van der Waals surface area (Å²) in [7, 11) is 0. The average molecular weight is 509 g/mol. The number of hydrogen-bond acceptors (Lipinski definition) is 7. The van der Waals surface area contributed by atoms with Crippen molar-refractivity contribution in [3.8, 4) is 0 Å². The molecule has 0 unspecified atom stereocenters. The van der Waals surface area contributed by atoms with Gasteiger partial charge in [-0.25, -0.2) is 9.97 Å². The van der Waals surface area contributed by atoms with Crippen LogP contribution in [0.15, 0.2) is 42.7 Å². The molecule has 3 aromatic rings. The predicted octanol–water partition coefficient (Wildman–Crippen LogP) is 4.10. The lowest BCUT2D eigenvalue weighted by Gasteiger charge is -2.39. The number of benzene rings is 1. The smallest absolute Gasteiger partial charge is 0.255 e. The molecule has 0 atom stereocenters. The highest BCUT2D eigenvalue weighted by atomic mass is 35.5. The van der Waals surface area contributed by atoms with Crippen molar-refractivity contribution in [2.24, 2.45) is 5.92 Å². The van der Waals surface area contributed by atoms with Crippen molar-refractivity contribution < 1.29 is 9.53 Å². The number of anilines is 2. The number of nitrogens with two attached hydrogens (primary N) is 1. The number of halogens is 1. The molecule has 0 spiro atoms. The lowest BCUT2D eigenvalue weighted by molar-refractivity contribution is 0.0219. The van der Waals surface area contributed by atoms with Gasteiger partial charge in [0.1, 0.15) is 11.6 Å². The summed E-state index contributed by atoms with van der Waals surface area (Å²) >= 11 is 6.19. The molecule has 36 heavy (non-hydrogen) atoms. The van der Waals surface area contributed by atoms with Crippen molar-refractivity contribution in [2.75, 3.05) is 43.9 Å². The molecule has 2 saturated heterocycles. The van der Waals surface area contributed by atoms with Crippen molar-refractivity contribution >= 4 is 39.9 Å². The molecule has 2 aromatic heterocycles. The number of nitrogen functional groups attached to an aromatic ring is 1. The number of hydrogen-bond donors (Lipinski definition) is 3. The van der Waals surface area contributed by atoms with Crippen LogP contribution in [-0.4, -0.2) is 59.7 Å². The number of nitrogens with one attached hydrogen (secondary N) is 2. The van der Waals surface area contributed by atoms with Gasteiger partial charge in [-0.2, -0.15) is 0 Å². The number of aromatic nitrogens is 2. The van der Waals surface area contributed by atoms with Crippen LogP contribution >= 0.6 is 11.6 Å². The van der Waals surface area contributed by atoms with Crippen LogP contribution in [0.2, 0.25) is 5.02 Å². The minimum atomic E-state index is -0.212. The van der Waals surface area contributed by atoms with Crippen LogP contribution in [0.4, 0.5) is 11.6 Å². The van der Waals surface area contributed by atoms with Crippen LogP contribution in [0.25, 0.3) is 10.8 Å². The number of pyridine rings is 2. The highest BCUT2D eigenvalue weighted by molar-refractivity contribution is 6.31. The third-order valence-electron chi connectivity index (χ3n) is 7.33. The average Bonchev–Trinajstić information content (AvgIpc) is 2.92. The zero-order chi connectivity index (χ0) is 24.9. The Morgan fingerprint density at radius 3 is 2.72 bits per heavy atom. The number of piperidine rings is 1. The van der Waals surface area contributed by atoms with Crippen molar-refractivity contribution in [3.05, 3.63) is 58.9 Å². The fourth-order valence-corrected chi connectivity index (χ4v) is 5.36. The Hall–Kier alpha value is -2.94. The third-order valence-corrected chi connectivity index (χ3v) is 7.53. The van der Waals surface area contributed by atoms with E-state index in [1.807, 2.05) is 24.3 Å². The van der Waals surface area contributed by atoms with Gasteiger partial charge in [-0.3, -0.25) is 4.79 Å². The Morgan fingerprint density at radius 1 is 1.11 bits per heavy atom. The molecule has 190 valence electrons. The lowest BCUT2D eigenvalue weighted by Crippen LogP contribution is -2.44. The number of fused-ring (bicyclic) bond motifs is 1. The van der Waals surface area contributed by atoms with Gasteiger partial charge < -0.3 is 26.0 Å². The Morgan fingerprint density at radius 2 is 1.92 bits per heavy atom. The van der Waals surface area contributed by atoms with Gasteiger partial charge in [-0.1, -0.05) is 23.7 Å². The highest BCUT2D eigenvalue weighted by Gasteiger charge is 2.26. The maximum Gasteiger partial charge on any atom is 0.255 e. The van der Waals surface area contributed by atoms with Gasteiger partial charge in [0.25, 0.3) is 5.91 Å². The summed E-state index contributed by atoms with van der Waals surface area (Å²) in [4.78, 5) is 24.3. The monoisotopic (exact) mass is 508 g/mol. The number of carbonyl (C=O) groups excluding carboxylic acids is 1. The summed E-state index contributed by atoms with van der Waals surface area (Å²) in [5, 5.41) is 8.75. The van der Waals surface area contributed by atoms with E-state index in [2.05, 4.69) is 25.5 Å². The second-order valence-electron chi connectivity index (χ2n) is 9.69. The molecule has 8 nitrogen and oxygen atoms in total. The third kappa shape index (κ3) is 5.88. The minimum absolute atomic E-state index is 0.212. The summed E-state index contributed by atoms with van der Waals surface area (Å²) < 4.78 is 5.51. The number of carbonyl (C=O) groups is 1. The number of amides is 1. The van der Waals surface area contributed by atoms with Crippen molar-refractivity contribution in [1.82, 2.24) is 20.2 Å². The molecule has 1 aromatic carbocycles. The van der Waals surface area contributed by atoms with Crippen molar-refractivity contribution in [1.29, 1.82) is 0 Å². The van der Waals surface area contributed by atoms with Gasteiger partial charge in [-0.05, 0) is 73.8 Å². The number of likely N-dealkylation sites (tertiary alicyclic amines) is 1. The Kier molecular flexibility index (Phi) is 7.84.